The fourth-order valence-corrected chi connectivity index (χ4v) is 2.34. The highest BCUT2D eigenvalue weighted by atomic mass is 16.6. The number of likely N-dealkylation sites (tertiary alicyclic amines) is 1. The standard InChI is InChI=1S/C14H21NO5/c1-6-7-14(5)9(16)8-15(10(14)11(17)18)12(19)20-13(2,3)4/h6,10H,1,7-8H2,2-5H3,(H,17,18)/t10-,14-/m1/s1. The Hall–Kier alpha value is -1.85. The van der Waals surface area contributed by atoms with Crippen molar-refractivity contribution in [3.05, 3.63) is 12.7 Å². The average molecular weight is 283 g/mol. The topological polar surface area (TPSA) is 83.9 Å². The maximum absolute atomic E-state index is 12.1. The van der Waals surface area contributed by atoms with E-state index in [1.807, 2.05) is 0 Å². The van der Waals surface area contributed by atoms with Crippen LogP contribution in [-0.2, 0) is 14.3 Å². The van der Waals surface area contributed by atoms with Gasteiger partial charge in [0.2, 0.25) is 0 Å². The van der Waals surface area contributed by atoms with E-state index in [-0.39, 0.29) is 18.7 Å². The van der Waals surface area contributed by atoms with Gasteiger partial charge in [-0.05, 0) is 34.1 Å². The molecule has 1 amide bonds. The molecule has 1 aliphatic heterocycles. The van der Waals surface area contributed by atoms with Crippen LogP contribution in [0.5, 0.6) is 0 Å². The van der Waals surface area contributed by atoms with Gasteiger partial charge >= 0.3 is 12.1 Å². The van der Waals surface area contributed by atoms with Crippen LogP contribution in [0.25, 0.3) is 0 Å². The molecule has 1 saturated heterocycles. The highest BCUT2D eigenvalue weighted by Crippen LogP contribution is 2.38. The predicted molar refractivity (Wildman–Crippen MR) is 72.3 cm³/mol. The third-order valence-corrected chi connectivity index (χ3v) is 3.30. The maximum Gasteiger partial charge on any atom is 0.411 e. The molecule has 2 atom stereocenters. The molecule has 20 heavy (non-hydrogen) atoms. The summed E-state index contributed by atoms with van der Waals surface area (Å²) in [6.07, 6.45) is 0.903. The molecule has 0 aromatic heterocycles. The van der Waals surface area contributed by atoms with Crippen molar-refractivity contribution in [2.24, 2.45) is 5.41 Å². The van der Waals surface area contributed by atoms with E-state index in [4.69, 9.17) is 4.74 Å². The van der Waals surface area contributed by atoms with E-state index in [0.29, 0.717) is 0 Å². The van der Waals surface area contributed by atoms with Crippen LogP contribution in [0.4, 0.5) is 4.79 Å². The number of ether oxygens (including phenoxy) is 1. The quantitative estimate of drug-likeness (QED) is 0.799. The molecular formula is C14H21NO5. The number of carboxylic acids is 1. The number of Topliss-reactive ketones (excluding diaryl/α,β-unsaturated/α-hetero) is 1. The van der Waals surface area contributed by atoms with Gasteiger partial charge in [0, 0.05) is 0 Å². The number of carbonyl (C=O) groups is 3. The molecule has 1 N–H and O–H groups in total. The monoisotopic (exact) mass is 283 g/mol. The molecule has 0 unspecified atom stereocenters. The van der Waals surface area contributed by atoms with Crippen molar-refractivity contribution in [3.63, 3.8) is 0 Å². The number of nitrogens with zero attached hydrogens (tertiary/aromatic N) is 1. The van der Waals surface area contributed by atoms with E-state index in [0.717, 1.165) is 4.90 Å². The molecule has 0 radical (unpaired) electrons. The molecule has 1 aliphatic rings. The summed E-state index contributed by atoms with van der Waals surface area (Å²) in [6, 6.07) is -1.23. The van der Waals surface area contributed by atoms with Gasteiger partial charge < -0.3 is 9.84 Å². The lowest BCUT2D eigenvalue weighted by molar-refractivity contribution is -0.146. The Morgan fingerprint density at radius 1 is 1.55 bits per heavy atom. The summed E-state index contributed by atoms with van der Waals surface area (Å²) in [5.74, 6) is -1.51. The van der Waals surface area contributed by atoms with Gasteiger partial charge in [-0.2, -0.15) is 0 Å². The van der Waals surface area contributed by atoms with Crippen molar-refractivity contribution in [2.45, 2.75) is 45.8 Å². The summed E-state index contributed by atoms with van der Waals surface area (Å²) >= 11 is 0. The number of hydrogen-bond acceptors (Lipinski definition) is 4. The molecule has 1 heterocycles. The minimum absolute atomic E-state index is 0.197. The Labute approximate surface area is 118 Å². The van der Waals surface area contributed by atoms with Crippen molar-refractivity contribution in [1.82, 2.24) is 4.90 Å². The minimum Gasteiger partial charge on any atom is -0.480 e. The number of hydrogen-bond donors (Lipinski definition) is 1. The van der Waals surface area contributed by atoms with Gasteiger partial charge in [0.1, 0.15) is 11.6 Å². The van der Waals surface area contributed by atoms with E-state index in [1.54, 1.807) is 27.7 Å². The first-order valence-electron chi connectivity index (χ1n) is 6.39. The van der Waals surface area contributed by atoms with Crippen LogP contribution in [0.15, 0.2) is 12.7 Å². The van der Waals surface area contributed by atoms with Crippen molar-refractivity contribution in [1.29, 1.82) is 0 Å². The number of carboxylic acid groups (broad SMARTS) is 1. The minimum atomic E-state index is -1.23. The zero-order valence-corrected chi connectivity index (χ0v) is 12.3. The first kappa shape index (κ1) is 16.2. The molecule has 0 bridgehead atoms. The third kappa shape index (κ3) is 3.00. The molecule has 0 aromatic carbocycles. The lowest BCUT2D eigenvalue weighted by Crippen LogP contribution is -2.48. The largest absolute Gasteiger partial charge is 0.480 e. The predicted octanol–water partition coefficient (Wildman–Crippen LogP) is 1.84. The molecular weight excluding hydrogens is 262 g/mol. The first-order chi connectivity index (χ1) is 9.03. The Kier molecular flexibility index (Phi) is 4.27. The van der Waals surface area contributed by atoms with E-state index < -0.39 is 29.1 Å². The van der Waals surface area contributed by atoms with Crippen molar-refractivity contribution >= 4 is 17.8 Å². The highest BCUT2D eigenvalue weighted by Gasteiger charge is 2.56. The number of rotatable bonds is 3. The fourth-order valence-electron chi connectivity index (χ4n) is 2.34. The molecule has 0 spiro atoms. The van der Waals surface area contributed by atoms with Crippen LogP contribution < -0.4 is 0 Å². The van der Waals surface area contributed by atoms with Gasteiger partial charge in [-0.3, -0.25) is 9.69 Å². The average Bonchev–Trinajstić information content (AvgIpc) is 2.49. The van der Waals surface area contributed by atoms with Gasteiger partial charge in [0.15, 0.2) is 5.78 Å². The number of amides is 1. The van der Waals surface area contributed by atoms with Crippen LogP contribution >= 0.6 is 0 Å². The molecule has 6 nitrogen and oxygen atoms in total. The molecule has 0 saturated carbocycles. The summed E-state index contributed by atoms with van der Waals surface area (Å²) in [5, 5.41) is 9.37. The summed E-state index contributed by atoms with van der Waals surface area (Å²) < 4.78 is 5.17. The Balaban J connectivity index is 3.10. The lowest BCUT2D eigenvalue weighted by atomic mass is 9.78. The molecule has 0 aliphatic carbocycles. The van der Waals surface area contributed by atoms with Crippen molar-refractivity contribution in [2.75, 3.05) is 6.54 Å². The van der Waals surface area contributed by atoms with Crippen LogP contribution in [0.1, 0.15) is 34.1 Å². The zero-order valence-electron chi connectivity index (χ0n) is 12.3. The smallest absolute Gasteiger partial charge is 0.411 e. The van der Waals surface area contributed by atoms with Crippen LogP contribution in [0.3, 0.4) is 0 Å². The number of ketones is 1. The number of carbonyl (C=O) groups excluding carboxylic acids is 2. The molecule has 6 heteroatoms. The van der Waals surface area contributed by atoms with Gasteiger partial charge in [-0.15, -0.1) is 6.58 Å². The fraction of sp³-hybridized carbons (Fsp3) is 0.643. The Bertz CT molecular complexity index is 451. The van der Waals surface area contributed by atoms with Gasteiger partial charge in [-0.1, -0.05) is 6.08 Å². The second-order valence-corrected chi connectivity index (χ2v) is 6.18. The molecule has 112 valence electrons. The van der Waals surface area contributed by atoms with E-state index in [2.05, 4.69) is 6.58 Å². The summed E-state index contributed by atoms with van der Waals surface area (Å²) in [6.45, 7) is 9.88. The third-order valence-electron chi connectivity index (χ3n) is 3.30. The summed E-state index contributed by atoms with van der Waals surface area (Å²) in [4.78, 5) is 36.7. The highest BCUT2D eigenvalue weighted by molar-refractivity contribution is 5.99. The van der Waals surface area contributed by atoms with E-state index in [9.17, 15) is 19.5 Å². The van der Waals surface area contributed by atoms with Gasteiger partial charge in [0.25, 0.3) is 0 Å². The maximum atomic E-state index is 12.1. The van der Waals surface area contributed by atoms with E-state index >= 15 is 0 Å². The second-order valence-electron chi connectivity index (χ2n) is 6.18. The molecule has 0 aromatic rings. The first-order valence-corrected chi connectivity index (χ1v) is 6.39. The van der Waals surface area contributed by atoms with E-state index in [1.165, 1.54) is 6.08 Å². The SMILES string of the molecule is C=CC[C@]1(C)C(=O)CN(C(=O)OC(C)(C)C)[C@@H]1C(=O)O. The van der Waals surface area contributed by atoms with Crippen molar-refractivity contribution in [3.8, 4) is 0 Å². The summed E-state index contributed by atoms with van der Waals surface area (Å²) in [5.41, 5.74) is -1.91. The van der Waals surface area contributed by atoms with Crippen molar-refractivity contribution < 1.29 is 24.2 Å². The summed E-state index contributed by atoms with van der Waals surface area (Å²) in [7, 11) is 0. The number of aliphatic carboxylic acids is 1. The second kappa shape index (κ2) is 5.26. The Morgan fingerprint density at radius 3 is 2.50 bits per heavy atom. The van der Waals surface area contributed by atoms with Crippen LogP contribution in [-0.4, -0.2) is 46.0 Å². The Morgan fingerprint density at radius 2 is 2.10 bits per heavy atom. The zero-order chi connectivity index (χ0) is 15.7. The molecule has 1 fully saturated rings. The molecule has 1 rings (SSSR count). The number of allylic oxidation sites excluding steroid dienone is 1. The van der Waals surface area contributed by atoms with Gasteiger partial charge in [-0.25, -0.2) is 9.59 Å². The normalized spacial score (nSPS) is 26.5. The lowest BCUT2D eigenvalue weighted by Gasteiger charge is -2.31. The van der Waals surface area contributed by atoms with Crippen LogP contribution in [0, 0.1) is 5.41 Å². The van der Waals surface area contributed by atoms with Crippen LogP contribution in [0.2, 0.25) is 0 Å². The van der Waals surface area contributed by atoms with Gasteiger partial charge in [0.05, 0.1) is 12.0 Å².